The van der Waals surface area contributed by atoms with Gasteiger partial charge >= 0.3 is 12.1 Å². The van der Waals surface area contributed by atoms with Crippen molar-refractivity contribution in [1.29, 1.82) is 0 Å². The van der Waals surface area contributed by atoms with Crippen molar-refractivity contribution in [3.63, 3.8) is 0 Å². The SMILES string of the molecule is CN1C(=O)C2C(NC(=O)N2C)N(Cc2ccccc2)C1=O. The topological polar surface area (TPSA) is 73.0 Å². The molecule has 3 rings (SSSR count). The Morgan fingerprint density at radius 3 is 2.43 bits per heavy atom. The summed E-state index contributed by atoms with van der Waals surface area (Å²) in [6.07, 6.45) is -0.626. The zero-order chi connectivity index (χ0) is 15.1. The fraction of sp³-hybridized carbons (Fsp3) is 0.357. The van der Waals surface area contributed by atoms with E-state index in [4.69, 9.17) is 0 Å². The minimum atomic E-state index is -0.677. The van der Waals surface area contributed by atoms with Crippen LogP contribution in [0.3, 0.4) is 0 Å². The number of fused-ring (bicyclic) bond motifs is 1. The van der Waals surface area contributed by atoms with Crippen LogP contribution in [-0.2, 0) is 11.3 Å². The van der Waals surface area contributed by atoms with Crippen molar-refractivity contribution in [1.82, 2.24) is 20.0 Å². The predicted molar refractivity (Wildman–Crippen MR) is 74.0 cm³/mol. The molecule has 21 heavy (non-hydrogen) atoms. The Hall–Kier alpha value is -2.57. The Labute approximate surface area is 122 Å². The number of hydrogen-bond donors (Lipinski definition) is 1. The maximum atomic E-state index is 12.4. The van der Waals surface area contributed by atoms with Gasteiger partial charge in [0.15, 0.2) is 6.04 Å². The summed E-state index contributed by atoms with van der Waals surface area (Å²) in [5.74, 6) is -0.366. The number of urea groups is 2. The summed E-state index contributed by atoms with van der Waals surface area (Å²) in [6.45, 7) is 0.340. The van der Waals surface area contributed by atoms with Gasteiger partial charge in [-0.15, -0.1) is 0 Å². The van der Waals surface area contributed by atoms with Crippen molar-refractivity contribution in [2.24, 2.45) is 0 Å². The Morgan fingerprint density at radius 2 is 1.76 bits per heavy atom. The summed E-state index contributed by atoms with van der Waals surface area (Å²) < 4.78 is 0. The average Bonchev–Trinajstić information content (AvgIpc) is 2.78. The molecule has 0 spiro atoms. The van der Waals surface area contributed by atoms with Gasteiger partial charge in [0.2, 0.25) is 0 Å². The number of nitrogens with zero attached hydrogens (tertiary/aromatic N) is 3. The maximum absolute atomic E-state index is 12.4. The molecule has 7 heteroatoms. The average molecular weight is 288 g/mol. The monoisotopic (exact) mass is 288 g/mol. The molecular weight excluding hydrogens is 272 g/mol. The molecular formula is C14H16N4O3. The molecule has 0 aliphatic carbocycles. The smallest absolute Gasteiger partial charge is 0.315 e. The van der Waals surface area contributed by atoms with Crippen LogP contribution in [0.1, 0.15) is 5.56 Å². The van der Waals surface area contributed by atoms with Gasteiger partial charge in [0, 0.05) is 20.6 Å². The standard InChI is InChI=1S/C14H16N4O3/c1-16-10-11(15-13(16)20)18(14(21)17(2)12(10)19)8-9-6-4-3-5-7-9/h3-7,10-11H,8H2,1-2H3,(H,15,20). The largest absolute Gasteiger partial charge is 0.328 e. The fourth-order valence-electron chi connectivity index (χ4n) is 2.74. The van der Waals surface area contributed by atoms with Gasteiger partial charge in [-0.25, -0.2) is 9.59 Å². The third kappa shape index (κ3) is 2.01. The lowest BCUT2D eigenvalue weighted by Gasteiger charge is -2.40. The molecule has 0 aromatic heterocycles. The van der Waals surface area contributed by atoms with Gasteiger partial charge in [-0.3, -0.25) is 14.6 Å². The number of benzene rings is 1. The normalized spacial score (nSPS) is 25.2. The first kappa shape index (κ1) is 13.4. The summed E-state index contributed by atoms with van der Waals surface area (Å²) in [5.41, 5.74) is 0.941. The number of amides is 5. The summed E-state index contributed by atoms with van der Waals surface area (Å²) >= 11 is 0. The van der Waals surface area contributed by atoms with Crippen LogP contribution in [-0.4, -0.2) is 59.0 Å². The molecule has 0 saturated carbocycles. The molecule has 2 aliphatic rings. The molecule has 2 heterocycles. The van der Waals surface area contributed by atoms with Gasteiger partial charge in [-0.2, -0.15) is 0 Å². The predicted octanol–water partition coefficient (Wildman–Crippen LogP) is 0.430. The van der Waals surface area contributed by atoms with Crippen LogP contribution >= 0.6 is 0 Å². The highest BCUT2D eigenvalue weighted by molar-refractivity contribution is 6.03. The number of hydrogen-bond acceptors (Lipinski definition) is 3. The summed E-state index contributed by atoms with van der Waals surface area (Å²) in [5, 5.41) is 2.70. The quantitative estimate of drug-likeness (QED) is 0.857. The van der Waals surface area contributed by atoms with E-state index in [-0.39, 0.29) is 11.9 Å². The molecule has 1 aromatic rings. The lowest BCUT2D eigenvalue weighted by molar-refractivity contribution is -0.136. The van der Waals surface area contributed by atoms with E-state index in [1.165, 1.54) is 16.8 Å². The van der Waals surface area contributed by atoms with E-state index in [0.29, 0.717) is 6.54 Å². The molecule has 7 nitrogen and oxygen atoms in total. The minimum Gasteiger partial charge on any atom is -0.315 e. The van der Waals surface area contributed by atoms with Crippen molar-refractivity contribution in [2.75, 3.05) is 14.1 Å². The highest BCUT2D eigenvalue weighted by atomic mass is 16.2. The number of likely N-dealkylation sites (N-methyl/N-ethyl adjacent to an activating group) is 2. The molecule has 2 fully saturated rings. The van der Waals surface area contributed by atoms with E-state index < -0.39 is 18.2 Å². The molecule has 0 bridgehead atoms. The van der Waals surface area contributed by atoms with Crippen molar-refractivity contribution >= 4 is 18.0 Å². The van der Waals surface area contributed by atoms with Gasteiger partial charge in [0.25, 0.3) is 5.91 Å². The van der Waals surface area contributed by atoms with E-state index in [2.05, 4.69) is 5.32 Å². The first-order chi connectivity index (χ1) is 10.0. The molecule has 2 atom stereocenters. The summed E-state index contributed by atoms with van der Waals surface area (Å²) in [7, 11) is 3.00. The van der Waals surface area contributed by atoms with Crippen LogP contribution in [0.15, 0.2) is 30.3 Å². The van der Waals surface area contributed by atoms with Gasteiger partial charge < -0.3 is 10.2 Å². The Kier molecular flexibility index (Phi) is 3.04. The van der Waals surface area contributed by atoms with Gasteiger partial charge in [0.1, 0.15) is 6.17 Å². The molecule has 1 N–H and O–H groups in total. The van der Waals surface area contributed by atoms with Crippen molar-refractivity contribution in [3.05, 3.63) is 35.9 Å². The van der Waals surface area contributed by atoms with E-state index in [1.807, 2.05) is 30.3 Å². The van der Waals surface area contributed by atoms with E-state index in [9.17, 15) is 14.4 Å². The maximum Gasteiger partial charge on any atom is 0.328 e. The molecule has 0 radical (unpaired) electrons. The van der Waals surface area contributed by atoms with Crippen LogP contribution in [0.2, 0.25) is 0 Å². The van der Waals surface area contributed by atoms with Gasteiger partial charge in [0.05, 0.1) is 0 Å². The molecule has 1 aromatic carbocycles. The van der Waals surface area contributed by atoms with Gasteiger partial charge in [-0.05, 0) is 5.56 Å². The highest BCUT2D eigenvalue weighted by Gasteiger charge is 2.52. The van der Waals surface area contributed by atoms with Crippen molar-refractivity contribution < 1.29 is 14.4 Å². The molecule has 2 saturated heterocycles. The summed E-state index contributed by atoms with van der Waals surface area (Å²) in [6, 6.07) is 8.04. The lowest BCUT2D eigenvalue weighted by Crippen LogP contribution is -2.65. The lowest BCUT2D eigenvalue weighted by atomic mass is 10.1. The minimum absolute atomic E-state index is 0.340. The molecule has 2 aliphatic heterocycles. The second kappa shape index (κ2) is 4.76. The highest BCUT2D eigenvalue weighted by Crippen LogP contribution is 2.25. The molecule has 5 amide bonds. The Morgan fingerprint density at radius 1 is 1.10 bits per heavy atom. The van der Waals surface area contributed by atoms with Crippen LogP contribution in [0, 0.1) is 0 Å². The summed E-state index contributed by atoms with van der Waals surface area (Å²) in [4.78, 5) is 40.3. The van der Waals surface area contributed by atoms with E-state index in [1.54, 1.807) is 7.05 Å². The van der Waals surface area contributed by atoms with Crippen molar-refractivity contribution in [2.45, 2.75) is 18.8 Å². The van der Waals surface area contributed by atoms with Crippen LogP contribution < -0.4 is 5.32 Å². The third-order valence-electron chi connectivity index (χ3n) is 3.96. The number of carbonyl (C=O) groups excluding carboxylic acids is 3. The van der Waals surface area contributed by atoms with Crippen LogP contribution in [0.5, 0.6) is 0 Å². The van der Waals surface area contributed by atoms with Crippen molar-refractivity contribution in [3.8, 4) is 0 Å². The molecule has 2 unspecified atom stereocenters. The first-order valence-electron chi connectivity index (χ1n) is 6.66. The Balaban J connectivity index is 1.93. The Bertz CT molecular complexity index is 603. The van der Waals surface area contributed by atoms with Gasteiger partial charge in [-0.1, -0.05) is 30.3 Å². The first-order valence-corrected chi connectivity index (χ1v) is 6.66. The number of rotatable bonds is 2. The third-order valence-corrected chi connectivity index (χ3v) is 3.96. The van der Waals surface area contributed by atoms with E-state index in [0.717, 1.165) is 10.5 Å². The molecule has 110 valence electrons. The second-order valence-electron chi connectivity index (χ2n) is 5.24. The van der Waals surface area contributed by atoms with Crippen LogP contribution in [0.25, 0.3) is 0 Å². The van der Waals surface area contributed by atoms with E-state index >= 15 is 0 Å². The zero-order valence-corrected chi connectivity index (χ0v) is 11.8. The number of imide groups is 1. The fourth-order valence-corrected chi connectivity index (χ4v) is 2.74. The van der Waals surface area contributed by atoms with Crippen LogP contribution in [0.4, 0.5) is 9.59 Å². The number of nitrogens with one attached hydrogen (secondary N) is 1. The number of carbonyl (C=O) groups is 3. The zero-order valence-electron chi connectivity index (χ0n) is 11.8. The second-order valence-corrected chi connectivity index (χ2v) is 5.24.